The number of nitrogens with one attached hydrogen (secondary N) is 1. The fraction of sp³-hybridized carbons (Fsp3) is 0.857. The second kappa shape index (κ2) is 5.93. The third-order valence-corrected chi connectivity index (χ3v) is 1.45. The number of nitrogens with two attached hydrogens (primary N) is 1. The summed E-state index contributed by atoms with van der Waals surface area (Å²) in [6.45, 7) is 1.74. The Bertz CT molecular complexity index is 137. The molecule has 2 atom stereocenters. The van der Waals surface area contributed by atoms with E-state index in [4.69, 9.17) is 15.6 Å². The first-order valence-corrected chi connectivity index (χ1v) is 3.79. The summed E-state index contributed by atoms with van der Waals surface area (Å²) >= 11 is 0. The number of hydrogen-bond donors (Lipinski definition) is 3. The van der Waals surface area contributed by atoms with Crippen LogP contribution in [0.25, 0.3) is 0 Å². The van der Waals surface area contributed by atoms with Gasteiger partial charge >= 0.3 is 0 Å². The summed E-state index contributed by atoms with van der Waals surface area (Å²) in [5.74, 6) is -0.290. The SMILES string of the molecule is COC(CN)C(=O)N[C@H](C)CO. The number of rotatable bonds is 5. The van der Waals surface area contributed by atoms with Gasteiger partial charge in [0.2, 0.25) is 0 Å². The number of methoxy groups -OCH3 is 1. The lowest BCUT2D eigenvalue weighted by atomic mass is 10.3. The van der Waals surface area contributed by atoms with Crippen LogP contribution in [0.1, 0.15) is 6.92 Å². The molecule has 0 rings (SSSR count). The van der Waals surface area contributed by atoms with E-state index in [-0.39, 0.29) is 25.1 Å². The summed E-state index contributed by atoms with van der Waals surface area (Å²) in [7, 11) is 1.42. The number of aliphatic hydroxyl groups is 1. The molecule has 0 saturated heterocycles. The molecule has 0 fully saturated rings. The van der Waals surface area contributed by atoms with Gasteiger partial charge < -0.3 is 20.9 Å². The van der Waals surface area contributed by atoms with Gasteiger partial charge in [-0.25, -0.2) is 0 Å². The molecule has 0 spiro atoms. The third-order valence-electron chi connectivity index (χ3n) is 1.45. The van der Waals surface area contributed by atoms with Crippen LogP contribution in [0.4, 0.5) is 0 Å². The maximum atomic E-state index is 11.1. The number of carbonyl (C=O) groups is 1. The van der Waals surface area contributed by atoms with Crippen molar-refractivity contribution in [1.29, 1.82) is 0 Å². The monoisotopic (exact) mass is 176 g/mol. The number of amides is 1. The van der Waals surface area contributed by atoms with Crippen LogP contribution in [-0.2, 0) is 9.53 Å². The zero-order valence-corrected chi connectivity index (χ0v) is 7.41. The standard InChI is InChI=1S/C7H16N2O3/c1-5(4-10)9-7(11)6(3-8)12-2/h5-6,10H,3-4,8H2,1-2H3,(H,9,11)/t5-,6?/m1/s1. The highest BCUT2D eigenvalue weighted by Crippen LogP contribution is 1.88. The highest BCUT2D eigenvalue weighted by atomic mass is 16.5. The van der Waals surface area contributed by atoms with Crippen LogP contribution >= 0.6 is 0 Å². The maximum Gasteiger partial charge on any atom is 0.250 e. The van der Waals surface area contributed by atoms with E-state index < -0.39 is 6.10 Å². The molecule has 12 heavy (non-hydrogen) atoms. The number of carbonyl (C=O) groups excluding carboxylic acids is 1. The quantitative estimate of drug-likeness (QED) is 0.474. The van der Waals surface area contributed by atoms with Crippen LogP contribution < -0.4 is 11.1 Å². The van der Waals surface area contributed by atoms with E-state index in [1.165, 1.54) is 7.11 Å². The molecular formula is C7H16N2O3. The molecule has 0 aromatic rings. The van der Waals surface area contributed by atoms with Gasteiger partial charge in [-0.2, -0.15) is 0 Å². The highest BCUT2D eigenvalue weighted by molar-refractivity contribution is 5.81. The van der Waals surface area contributed by atoms with Crippen molar-refractivity contribution in [3.05, 3.63) is 0 Å². The summed E-state index contributed by atoms with van der Waals surface area (Å²) in [6.07, 6.45) is -0.626. The molecule has 0 aromatic carbocycles. The minimum absolute atomic E-state index is 0.0905. The number of ether oxygens (including phenoxy) is 1. The molecule has 0 saturated carbocycles. The van der Waals surface area contributed by atoms with Gasteiger partial charge in [0, 0.05) is 19.7 Å². The molecule has 0 aromatic heterocycles. The van der Waals surface area contributed by atoms with Crippen molar-refractivity contribution in [2.24, 2.45) is 5.73 Å². The van der Waals surface area contributed by atoms with E-state index in [1.54, 1.807) is 6.92 Å². The maximum absolute atomic E-state index is 11.1. The fourth-order valence-corrected chi connectivity index (χ4v) is 0.692. The fourth-order valence-electron chi connectivity index (χ4n) is 0.692. The Labute approximate surface area is 71.9 Å². The van der Waals surface area contributed by atoms with Gasteiger partial charge in [-0.3, -0.25) is 4.79 Å². The van der Waals surface area contributed by atoms with E-state index in [1.807, 2.05) is 0 Å². The molecule has 0 heterocycles. The lowest BCUT2D eigenvalue weighted by molar-refractivity contribution is -0.131. The van der Waals surface area contributed by atoms with E-state index in [2.05, 4.69) is 5.32 Å². The smallest absolute Gasteiger partial charge is 0.250 e. The molecular weight excluding hydrogens is 160 g/mol. The van der Waals surface area contributed by atoms with E-state index in [0.717, 1.165) is 0 Å². The molecule has 0 aliphatic rings. The number of hydrogen-bond acceptors (Lipinski definition) is 4. The van der Waals surface area contributed by atoms with Crippen LogP contribution in [0.3, 0.4) is 0 Å². The summed E-state index contributed by atoms with van der Waals surface area (Å²) < 4.78 is 4.79. The molecule has 1 unspecified atom stereocenters. The Morgan fingerprint density at radius 3 is 2.67 bits per heavy atom. The molecule has 5 nitrogen and oxygen atoms in total. The summed E-state index contributed by atoms with van der Waals surface area (Å²) in [5.41, 5.74) is 5.25. The van der Waals surface area contributed by atoms with Crippen molar-refractivity contribution in [3.63, 3.8) is 0 Å². The normalized spacial score (nSPS) is 15.3. The van der Waals surface area contributed by atoms with Crippen LogP contribution in [0, 0.1) is 0 Å². The van der Waals surface area contributed by atoms with Crippen molar-refractivity contribution in [2.45, 2.75) is 19.1 Å². The molecule has 4 N–H and O–H groups in total. The number of aliphatic hydroxyl groups excluding tert-OH is 1. The second-order valence-electron chi connectivity index (χ2n) is 2.55. The van der Waals surface area contributed by atoms with Gasteiger partial charge in [-0.15, -0.1) is 0 Å². The molecule has 0 radical (unpaired) electrons. The average Bonchev–Trinajstić information content (AvgIpc) is 2.06. The Hall–Kier alpha value is -0.650. The lowest BCUT2D eigenvalue weighted by Crippen LogP contribution is -2.45. The molecule has 0 aliphatic heterocycles. The topological polar surface area (TPSA) is 84.6 Å². The van der Waals surface area contributed by atoms with Crippen molar-refractivity contribution in [3.8, 4) is 0 Å². The Balaban J connectivity index is 3.84. The van der Waals surface area contributed by atoms with Gasteiger partial charge in [0.1, 0.15) is 6.10 Å². The van der Waals surface area contributed by atoms with E-state index in [9.17, 15) is 4.79 Å². The Morgan fingerprint density at radius 1 is 1.75 bits per heavy atom. The third kappa shape index (κ3) is 3.66. The minimum atomic E-state index is -0.626. The first-order valence-electron chi connectivity index (χ1n) is 3.79. The molecule has 5 heteroatoms. The lowest BCUT2D eigenvalue weighted by Gasteiger charge is -2.16. The van der Waals surface area contributed by atoms with E-state index in [0.29, 0.717) is 0 Å². The van der Waals surface area contributed by atoms with Gasteiger partial charge in [0.25, 0.3) is 5.91 Å². The summed E-state index contributed by atoms with van der Waals surface area (Å²) in [4.78, 5) is 11.1. The second-order valence-corrected chi connectivity index (χ2v) is 2.55. The van der Waals surface area contributed by atoms with Crippen LogP contribution in [0.2, 0.25) is 0 Å². The average molecular weight is 176 g/mol. The summed E-state index contributed by atoms with van der Waals surface area (Å²) in [6, 6.07) is -0.262. The van der Waals surface area contributed by atoms with Crippen LogP contribution in [-0.4, -0.2) is 43.4 Å². The molecule has 1 amide bonds. The van der Waals surface area contributed by atoms with Gasteiger partial charge in [-0.1, -0.05) is 0 Å². The van der Waals surface area contributed by atoms with Crippen molar-refractivity contribution < 1.29 is 14.6 Å². The van der Waals surface area contributed by atoms with Gasteiger partial charge in [0.05, 0.1) is 6.61 Å². The van der Waals surface area contributed by atoms with Crippen molar-refractivity contribution in [2.75, 3.05) is 20.3 Å². The van der Waals surface area contributed by atoms with Crippen LogP contribution in [0.15, 0.2) is 0 Å². The highest BCUT2D eigenvalue weighted by Gasteiger charge is 2.16. The summed E-state index contributed by atoms with van der Waals surface area (Å²) in [5, 5.41) is 11.2. The molecule has 0 bridgehead atoms. The zero-order chi connectivity index (χ0) is 9.56. The van der Waals surface area contributed by atoms with Gasteiger partial charge in [-0.05, 0) is 6.92 Å². The van der Waals surface area contributed by atoms with Crippen molar-refractivity contribution in [1.82, 2.24) is 5.32 Å². The van der Waals surface area contributed by atoms with Crippen LogP contribution in [0.5, 0.6) is 0 Å². The first-order chi connectivity index (χ1) is 5.65. The molecule has 72 valence electrons. The van der Waals surface area contributed by atoms with Crippen molar-refractivity contribution >= 4 is 5.91 Å². The molecule has 0 aliphatic carbocycles. The minimum Gasteiger partial charge on any atom is -0.394 e. The zero-order valence-electron chi connectivity index (χ0n) is 7.41. The Kier molecular flexibility index (Phi) is 5.61. The van der Waals surface area contributed by atoms with Gasteiger partial charge in [0.15, 0.2) is 0 Å². The largest absolute Gasteiger partial charge is 0.394 e. The first kappa shape index (κ1) is 11.4. The van der Waals surface area contributed by atoms with E-state index >= 15 is 0 Å². The predicted octanol–water partition coefficient (Wildman–Crippen LogP) is -1.54. The Morgan fingerprint density at radius 2 is 2.33 bits per heavy atom. The predicted molar refractivity (Wildman–Crippen MR) is 44.5 cm³/mol.